The first kappa shape index (κ1) is 13.3. The van der Waals surface area contributed by atoms with E-state index in [-0.39, 0.29) is 6.04 Å². The lowest BCUT2D eigenvalue weighted by Gasteiger charge is -2.15. The molecule has 16 heavy (non-hydrogen) atoms. The highest BCUT2D eigenvalue weighted by Gasteiger charge is 2.30. The van der Waals surface area contributed by atoms with Gasteiger partial charge in [-0.05, 0) is 41.1 Å². The molecule has 0 radical (unpaired) electrons. The highest BCUT2D eigenvalue weighted by Crippen LogP contribution is 2.33. The number of halogens is 4. The van der Waals surface area contributed by atoms with Crippen molar-refractivity contribution in [2.45, 2.75) is 19.1 Å². The molecule has 3 N–H and O–H groups in total. The van der Waals surface area contributed by atoms with Crippen molar-refractivity contribution >= 4 is 21.6 Å². The molecule has 1 atom stereocenters. The zero-order chi connectivity index (χ0) is 12.3. The second kappa shape index (κ2) is 5.05. The van der Waals surface area contributed by atoms with Crippen molar-refractivity contribution in [2.24, 2.45) is 5.73 Å². The van der Waals surface area contributed by atoms with Crippen LogP contribution in [0.2, 0.25) is 0 Å². The van der Waals surface area contributed by atoms with Gasteiger partial charge in [0.15, 0.2) is 0 Å². The van der Waals surface area contributed by atoms with Gasteiger partial charge in [0.1, 0.15) is 0 Å². The predicted molar refractivity (Wildman–Crippen MR) is 61.3 cm³/mol. The topological polar surface area (TPSA) is 38.0 Å². The molecule has 6 heteroatoms. The normalized spacial score (nSPS) is 13.6. The number of benzene rings is 1. The Morgan fingerprint density at radius 2 is 2.06 bits per heavy atom. The van der Waals surface area contributed by atoms with Gasteiger partial charge in [-0.2, -0.15) is 13.2 Å². The zero-order valence-corrected chi connectivity index (χ0v) is 10.2. The number of alkyl halides is 3. The molecule has 0 fully saturated rings. The molecular weight excluding hydrogens is 285 g/mol. The van der Waals surface area contributed by atoms with Crippen LogP contribution < -0.4 is 11.1 Å². The minimum Gasteiger partial charge on any atom is -0.380 e. The van der Waals surface area contributed by atoms with E-state index in [0.29, 0.717) is 16.7 Å². The summed E-state index contributed by atoms with van der Waals surface area (Å²) < 4.78 is 37.5. The summed E-state index contributed by atoms with van der Waals surface area (Å²) in [6, 6.07) is 3.48. The Kier molecular flexibility index (Phi) is 4.21. The number of anilines is 1. The van der Waals surface area contributed by atoms with Crippen molar-refractivity contribution in [3.05, 3.63) is 28.2 Å². The number of rotatable bonds is 3. The van der Waals surface area contributed by atoms with Crippen LogP contribution in [-0.4, -0.2) is 12.6 Å². The molecule has 0 aliphatic rings. The molecule has 90 valence electrons. The summed E-state index contributed by atoms with van der Waals surface area (Å²) in [5, 5.41) is 3.00. The number of nitrogens with one attached hydrogen (secondary N) is 1. The maximum atomic E-state index is 12.4. The van der Waals surface area contributed by atoms with Crippen LogP contribution in [0, 0.1) is 0 Å². The lowest BCUT2D eigenvalue weighted by atomic mass is 10.2. The van der Waals surface area contributed by atoms with Gasteiger partial charge in [-0.3, -0.25) is 0 Å². The smallest absolute Gasteiger partial charge is 0.380 e. The molecule has 0 amide bonds. The van der Waals surface area contributed by atoms with Crippen LogP contribution in [0.15, 0.2) is 22.7 Å². The molecule has 1 rings (SSSR count). The average molecular weight is 297 g/mol. The second-order valence-corrected chi connectivity index (χ2v) is 4.33. The van der Waals surface area contributed by atoms with E-state index >= 15 is 0 Å². The summed E-state index contributed by atoms with van der Waals surface area (Å²) in [7, 11) is 0. The van der Waals surface area contributed by atoms with Crippen LogP contribution in [0.4, 0.5) is 18.9 Å². The first-order chi connectivity index (χ1) is 7.34. The van der Waals surface area contributed by atoms with E-state index in [1.807, 2.05) is 6.92 Å². The van der Waals surface area contributed by atoms with Crippen LogP contribution in [0.3, 0.4) is 0 Å². The molecule has 1 aromatic carbocycles. The summed E-state index contributed by atoms with van der Waals surface area (Å²) in [6.45, 7) is 2.26. The first-order valence-electron chi connectivity index (χ1n) is 4.68. The molecular formula is C10H12BrF3N2. The van der Waals surface area contributed by atoms with E-state index in [2.05, 4.69) is 21.2 Å². The molecule has 0 aromatic heterocycles. The maximum absolute atomic E-state index is 12.4. The van der Waals surface area contributed by atoms with Crippen molar-refractivity contribution in [1.29, 1.82) is 0 Å². The molecule has 0 aliphatic heterocycles. The Labute approximate surface area is 100 Å². The van der Waals surface area contributed by atoms with Gasteiger partial charge in [0.05, 0.1) is 5.56 Å². The second-order valence-electron chi connectivity index (χ2n) is 3.47. The van der Waals surface area contributed by atoms with Crippen LogP contribution in [0.1, 0.15) is 12.5 Å². The fourth-order valence-corrected chi connectivity index (χ4v) is 1.63. The first-order valence-corrected chi connectivity index (χ1v) is 5.47. The third kappa shape index (κ3) is 3.38. The summed E-state index contributed by atoms with van der Waals surface area (Å²) in [5.74, 6) is 0. The fraction of sp³-hybridized carbons (Fsp3) is 0.400. The minimum absolute atomic E-state index is 0.00744. The van der Waals surface area contributed by atoms with Crippen molar-refractivity contribution in [3.63, 3.8) is 0 Å². The Hall–Kier alpha value is -0.750. The lowest BCUT2D eigenvalue weighted by Crippen LogP contribution is -2.25. The van der Waals surface area contributed by atoms with Gasteiger partial charge in [-0.15, -0.1) is 0 Å². The van der Waals surface area contributed by atoms with Crippen LogP contribution in [-0.2, 0) is 6.18 Å². The third-order valence-corrected chi connectivity index (χ3v) is 2.71. The molecule has 1 aromatic rings. The maximum Gasteiger partial charge on any atom is 0.416 e. The van der Waals surface area contributed by atoms with Gasteiger partial charge in [0.25, 0.3) is 0 Å². The van der Waals surface area contributed by atoms with E-state index in [1.54, 1.807) is 0 Å². The molecule has 0 bridgehead atoms. The van der Waals surface area contributed by atoms with Crippen LogP contribution in [0.25, 0.3) is 0 Å². The Morgan fingerprint density at radius 3 is 2.50 bits per heavy atom. The number of hydrogen-bond donors (Lipinski definition) is 2. The third-order valence-electron chi connectivity index (χ3n) is 2.05. The molecule has 0 heterocycles. The lowest BCUT2D eigenvalue weighted by molar-refractivity contribution is -0.137. The minimum atomic E-state index is -4.32. The largest absolute Gasteiger partial charge is 0.416 e. The van der Waals surface area contributed by atoms with E-state index in [4.69, 9.17) is 5.73 Å². The Balaban J connectivity index is 2.92. The van der Waals surface area contributed by atoms with Gasteiger partial charge in [-0.1, -0.05) is 0 Å². The monoisotopic (exact) mass is 296 g/mol. The van der Waals surface area contributed by atoms with Gasteiger partial charge < -0.3 is 11.1 Å². The van der Waals surface area contributed by atoms with Gasteiger partial charge in [0, 0.05) is 22.7 Å². The predicted octanol–water partition coefficient (Wildman–Crippen LogP) is 3.23. The summed E-state index contributed by atoms with van der Waals surface area (Å²) in [4.78, 5) is 0. The fourth-order valence-electron chi connectivity index (χ4n) is 1.13. The van der Waals surface area contributed by atoms with Crippen molar-refractivity contribution < 1.29 is 13.2 Å². The van der Waals surface area contributed by atoms with E-state index < -0.39 is 11.7 Å². The SMILES string of the molecule is CC(CN)Nc1ccc(C(F)(F)F)cc1Br. The van der Waals surface area contributed by atoms with Crippen molar-refractivity contribution in [1.82, 2.24) is 0 Å². The average Bonchev–Trinajstić information content (AvgIpc) is 2.19. The van der Waals surface area contributed by atoms with Gasteiger partial charge in [0.2, 0.25) is 0 Å². The van der Waals surface area contributed by atoms with E-state index in [0.717, 1.165) is 12.1 Å². The van der Waals surface area contributed by atoms with Crippen LogP contribution >= 0.6 is 15.9 Å². The molecule has 1 unspecified atom stereocenters. The Morgan fingerprint density at radius 1 is 1.44 bits per heavy atom. The molecule has 2 nitrogen and oxygen atoms in total. The van der Waals surface area contributed by atoms with Crippen molar-refractivity contribution in [3.8, 4) is 0 Å². The summed E-state index contributed by atoms with van der Waals surface area (Å²) in [6.07, 6.45) is -4.32. The van der Waals surface area contributed by atoms with Gasteiger partial charge in [-0.25, -0.2) is 0 Å². The van der Waals surface area contributed by atoms with Gasteiger partial charge >= 0.3 is 6.18 Å². The molecule has 0 aliphatic carbocycles. The highest BCUT2D eigenvalue weighted by atomic mass is 79.9. The molecule has 0 saturated heterocycles. The van der Waals surface area contributed by atoms with Crippen molar-refractivity contribution in [2.75, 3.05) is 11.9 Å². The Bertz CT molecular complexity index is 366. The van der Waals surface area contributed by atoms with E-state index in [9.17, 15) is 13.2 Å². The zero-order valence-electron chi connectivity index (χ0n) is 8.61. The molecule has 0 spiro atoms. The number of hydrogen-bond acceptors (Lipinski definition) is 2. The summed E-state index contributed by atoms with van der Waals surface area (Å²) in [5.41, 5.74) is 5.34. The highest BCUT2D eigenvalue weighted by molar-refractivity contribution is 9.10. The molecule has 0 saturated carbocycles. The quantitative estimate of drug-likeness (QED) is 0.899. The number of nitrogens with two attached hydrogens (primary N) is 1. The van der Waals surface area contributed by atoms with E-state index in [1.165, 1.54) is 6.07 Å². The van der Waals surface area contributed by atoms with Crippen LogP contribution in [0.5, 0.6) is 0 Å². The standard InChI is InChI=1S/C10H12BrF3N2/c1-6(5-15)16-9-3-2-7(4-8(9)11)10(12,13)14/h2-4,6,16H,5,15H2,1H3. The summed E-state index contributed by atoms with van der Waals surface area (Å²) >= 11 is 3.09.